The maximum Gasteiger partial charge on any atom is 0.417 e. The SMILES string of the molecule is N#Cc1nccnc1N1CC[C@@H](Oc2ccc(C(F)(F)F)cn2)C1. The van der Waals surface area contributed by atoms with Crippen molar-refractivity contribution < 1.29 is 17.9 Å². The molecule has 1 aliphatic rings. The lowest BCUT2D eigenvalue weighted by molar-refractivity contribution is -0.137. The van der Waals surface area contributed by atoms with E-state index < -0.39 is 11.7 Å². The molecule has 124 valence electrons. The Labute approximate surface area is 135 Å². The Morgan fingerprint density at radius 2 is 2.00 bits per heavy atom. The Bertz CT molecular complexity index is 757. The lowest BCUT2D eigenvalue weighted by Crippen LogP contribution is -2.26. The molecule has 3 rings (SSSR count). The first kappa shape index (κ1) is 16.0. The highest BCUT2D eigenvalue weighted by Gasteiger charge is 2.31. The second-order valence-corrected chi connectivity index (χ2v) is 5.20. The molecule has 2 aromatic rings. The third kappa shape index (κ3) is 3.37. The van der Waals surface area contributed by atoms with Gasteiger partial charge in [-0.25, -0.2) is 15.0 Å². The summed E-state index contributed by atoms with van der Waals surface area (Å²) in [5, 5.41) is 9.06. The van der Waals surface area contributed by atoms with E-state index in [-0.39, 0.29) is 17.7 Å². The molecule has 0 aromatic carbocycles. The number of alkyl halides is 3. The molecule has 0 saturated carbocycles. The van der Waals surface area contributed by atoms with Crippen LogP contribution in [0, 0.1) is 11.3 Å². The third-order valence-corrected chi connectivity index (χ3v) is 3.58. The molecule has 0 radical (unpaired) electrons. The molecule has 1 fully saturated rings. The van der Waals surface area contributed by atoms with E-state index in [1.165, 1.54) is 18.5 Å². The molecule has 3 heterocycles. The number of rotatable bonds is 3. The van der Waals surface area contributed by atoms with Gasteiger partial charge in [0, 0.05) is 37.6 Å². The summed E-state index contributed by atoms with van der Waals surface area (Å²) in [6.07, 6.45) is -0.333. The van der Waals surface area contributed by atoms with Crippen LogP contribution in [-0.4, -0.2) is 34.1 Å². The second-order valence-electron chi connectivity index (χ2n) is 5.20. The van der Waals surface area contributed by atoms with Crippen LogP contribution in [0.25, 0.3) is 0 Å². The van der Waals surface area contributed by atoms with E-state index in [4.69, 9.17) is 10.00 Å². The third-order valence-electron chi connectivity index (χ3n) is 3.58. The Morgan fingerprint density at radius 1 is 1.21 bits per heavy atom. The van der Waals surface area contributed by atoms with Gasteiger partial charge in [0.2, 0.25) is 5.88 Å². The highest BCUT2D eigenvalue weighted by atomic mass is 19.4. The zero-order chi connectivity index (χ0) is 17.2. The van der Waals surface area contributed by atoms with Crippen LogP contribution >= 0.6 is 0 Å². The van der Waals surface area contributed by atoms with Gasteiger partial charge in [0.15, 0.2) is 11.5 Å². The molecule has 9 heteroatoms. The number of nitriles is 1. The Hall–Kier alpha value is -2.89. The molecule has 0 bridgehead atoms. The summed E-state index contributed by atoms with van der Waals surface area (Å²) in [4.78, 5) is 13.7. The Kier molecular flexibility index (Phi) is 4.20. The number of ether oxygens (including phenoxy) is 1. The van der Waals surface area contributed by atoms with Crippen molar-refractivity contribution in [3.05, 3.63) is 42.0 Å². The summed E-state index contributed by atoms with van der Waals surface area (Å²) in [6.45, 7) is 1.06. The topological polar surface area (TPSA) is 74.9 Å². The average molecular weight is 335 g/mol. The fourth-order valence-electron chi connectivity index (χ4n) is 2.45. The van der Waals surface area contributed by atoms with Crippen LogP contribution in [0.15, 0.2) is 30.7 Å². The van der Waals surface area contributed by atoms with Gasteiger partial charge in [-0.2, -0.15) is 18.4 Å². The van der Waals surface area contributed by atoms with Crippen LogP contribution in [-0.2, 0) is 6.18 Å². The maximum atomic E-state index is 12.5. The molecule has 0 unspecified atom stereocenters. The minimum Gasteiger partial charge on any atom is -0.472 e. The summed E-state index contributed by atoms with van der Waals surface area (Å²) < 4.78 is 43.1. The zero-order valence-corrected chi connectivity index (χ0v) is 12.4. The summed E-state index contributed by atoms with van der Waals surface area (Å²) in [6, 6.07) is 4.12. The van der Waals surface area contributed by atoms with Crippen molar-refractivity contribution in [3.8, 4) is 11.9 Å². The molecule has 1 atom stereocenters. The van der Waals surface area contributed by atoms with Crippen LogP contribution in [0.3, 0.4) is 0 Å². The van der Waals surface area contributed by atoms with Crippen molar-refractivity contribution in [2.24, 2.45) is 0 Å². The molecule has 1 saturated heterocycles. The largest absolute Gasteiger partial charge is 0.472 e. The first-order valence-electron chi connectivity index (χ1n) is 7.13. The first-order chi connectivity index (χ1) is 11.5. The van der Waals surface area contributed by atoms with Gasteiger partial charge < -0.3 is 9.64 Å². The quantitative estimate of drug-likeness (QED) is 0.857. The van der Waals surface area contributed by atoms with Crippen molar-refractivity contribution in [1.29, 1.82) is 5.26 Å². The van der Waals surface area contributed by atoms with Crippen LogP contribution < -0.4 is 9.64 Å². The Balaban J connectivity index is 1.65. The van der Waals surface area contributed by atoms with E-state index in [9.17, 15) is 13.2 Å². The van der Waals surface area contributed by atoms with E-state index in [0.717, 1.165) is 12.3 Å². The van der Waals surface area contributed by atoms with Crippen LogP contribution in [0.1, 0.15) is 17.7 Å². The maximum absolute atomic E-state index is 12.5. The molecular weight excluding hydrogens is 323 g/mol. The second kappa shape index (κ2) is 6.31. The molecule has 0 spiro atoms. The molecule has 0 N–H and O–H groups in total. The predicted octanol–water partition coefficient (Wildman–Crippen LogP) is 2.42. The average Bonchev–Trinajstić information content (AvgIpc) is 3.03. The predicted molar refractivity (Wildman–Crippen MR) is 77.2 cm³/mol. The van der Waals surface area contributed by atoms with Crippen LogP contribution in [0.5, 0.6) is 5.88 Å². The lowest BCUT2D eigenvalue weighted by atomic mass is 10.3. The Morgan fingerprint density at radius 3 is 2.67 bits per heavy atom. The number of pyridine rings is 1. The number of halogens is 3. The highest BCUT2D eigenvalue weighted by molar-refractivity contribution is 5.50. The molecule has 0 amide bonds. The fraction of sp³-hybridized carbons (Fsp3) is 0.333. The standard InChI is InChI=1S/C15H12F3N5O/c16-15(17,18)10-1-2-13(22-8-10)24-11-3-6-23(9-11)14-12(7-19)20-4-5-21-14/h1-2,4-5,8,11H,3,6,9H2/t11-/m1/s1. The van der Waals surface area contributed by atoms with E-state index >= 15 is 0 Å². The summed E-state index contributed by atoms with van der Waals surface area (Å²) in [5.74, 6) is 0.612. The summed E-state index contributed by atoms with van der Waals surface area (Å²) >= 11 is 0. The van der Waals surface area contributed by atoms with Crippen molar-refractivity contribution >= 4 is 5.82 Å². The van der Waals surface area contributed by atoms with E-state index in [2.05, 4.69) is 15.0 Å². The molecule has 1 aliphatic heterocycles. The highest BCUT2D eigenvalue weighted by Crippen LogP contribution is 2.29. The van der Waals surface area contributed by atoms with Crippen LogP contribution in [0.4, 0.5) is 19.0 Å². The fourth-order valence-corrected chi connectivity index (χ4v) is 2.45. The van der Waals surface area contributed by atoms with Gasteiger partial charge in [-0.1, -0.05) is 0 Å². The van der Waals surface area contributed by atoms with Crippen molar-refractivity contribution in [1.82, 2.24) is 15.0 Å². The monoisotopic (exact) mass is 335 g/mol. The minimum absolute atomic E-state index is 0.134. The molecular formula is C15H12F3N5O. The van der Waals surface area contributed by atoms with Gasteiger partial charge in [0.25, 0.3) is 0 Å². The minimum atomic E-state index is -4.42. The lowest BCUT2D eigenvalue weighted by Gasteiger charge is -2.18. The van der Waals surface area contributed by atoms with E-state index in [1.54, 1.807) is 0 Å². The van der Waals surface area contributed by atoms with Gasteiger partial charge in [0.1, 0.15) is 12.2 Å². The van der Waals surface area contributed by atoms with Crippen LogP contribution in [0.2, 0.25) is 0 Å². The van der Waals surface area contributed by atoms with Gasteiger partial charge >= 0.3 is 6.18 Å². The molecule has 0 aliphatic carbocycles. The number of hydrogen-bond acceptors (Lipinski definition) is 6. The number of nitrogens with zero attached hydrogens (tertiary/aromatic N) is 5. The molecule has 2 aromatic heterocycles. The number of anilines is 1. The van der Waals surface area contributed by atoms with E-state index in [1.807, 2.05) is 11.0 Å². The van der Waals surface area contributed by atoms with Crippen molar-refractivity contribution in [2.75, 3.05) is 18.0 Å². The summed E-state index contributed by atoms with van der Waals surface area (Å²) in [5.41, 5.74) is -0.591. The van der Waals surface area contributed by atoms with Crippen molar-refractivity contribution in [2.45, 2.75) is 18.7 Å². The normalized spacial score (nSPS) is 17.6. The molecule has 6 nitrogen and oxygen atoms in total. The van der Waals surface area contributed by atoms with E-state index in [0.29, 0.717) is 25.3 Å². The van der Waals surface area contributed by atoms with Gasteiger partial charge in [-0.05, 0) is 6.07 Å². The van der Waals surface area contributed by atoms with Gasteiger partial charge in [-0.15, -0.1) is 0 Å². The number of hydrogen-bond donors (Lipinski definition) is 0. The van der Waals surface area contributed by atoms with Gasteiger partial charge in [-0.3, -0.25) is 0 Å². The smallest absolute Gasteiger partial charge is 0.417 e. The van der Waals surface area contributed by atoms with Gasteiger partial charge in [0.05, 0.1) is 12.1 Å². The summed E-state index contributed by atoms with van der Waals surface area (Å²) in [7, 11) is 0. The zero-order valence-electron chi connectivity index (χ0n) is 12.4. The number of aromatic nitrogens is 3. The first-order valence-corrected chi connectivity index (χ1v) is 7.13. The van der Waals surface area contributed by atoms with Crippen molar-refractivity contribution in [3.63, 3.8) is 0 Å². The molecule has 24 heavy (non-hydrogen) atoms.